The van der Waals surface area contributed by atoms with Crippen molar-refractivity contribution in [3.63, 3.8) is 0 Å². The number of benzene rings is 3. The summed E-state index contributed by atoms with van der Waals surface area (Å²) in [5.74, 6) is 1.24. The van der Waals surface area contributed by atoms with Gasteiger partial charge in [0.1, 0.15) is 24.9 Å². The molecule has 0 radical (unpaired) electrons. The average molecular weight is 786 g/mol. The monoisotopic (exact) mass is 785 g/mol. The number of piperidine rings is 1. The van der Waals surface area contributed by atoms with Crippen molar-refractivity contribution in [2.45, 2.75) is 90.0 Å². The molecule has 4 aromatic rings. The summed E-state index contributed by atoms with van der Waals surface area (Å²) in [6, 6.07) is 22.1. The van der Waals surface area contributed by atoms with Crippen LogP contribution >= 0.6 is 0 Å². The third-order valence-corrected chi connectivity index (χ3v) is 12.1. The number of hydrogen-bond donors (Lipinski definition) is 0. The summed E-state index contributed by atoms with van der Waals surface area (Å²) in [7, 11) is -2.78. The highest BCUT2D eigenvalue weighted by atomic mass is 32.2. The second-order valence-electron chi connectivity index (χ2n) is 14.2. The molecule has 298 valence electrons. The molecule has 1 spiro atoms. The number of aliphatic imine (C=N–C) groups is 1. The number of unbranched alkanes of at least 4 members (excludes halogenated alkanes) is 1. The number of rotatable bonds is 16. The van der Waals surface area contributed by atoms with Gasteiger partial charge in [-0.25, -0.2) is 17.5 Å². The van der Waals surface area contributed by atoms with Crippen LogP contribution in [0.25, 0.3) is 11.1 Å². The molecule has 6 rings (SSSR count). The van der Waals surface area contributed by atoms with Gasteiger partial charge >= 0.3 is 6.09 Å². The SMILES string of the molecule is CCCCC1=NC2(CCCN(C(=O)OCc3ccccc3)C2)C(=O)N1Cc1ccc(-c2ccccc2S(=O)(=O)N(COC)c2noc(C)c2C)c(COCC)c1. The van der Waals surface area contributed by atoms with E-state index in [0.29, 0.717) is 60.7 Å². The van der Waals surface area contributed by atoms with E-state index in [4.69, 9.17) is 23.7 Å². The van der Waals surface area contributed by atoms with Crippen molar-refractivity contribution in [2.75, 3.05) is 37.8 Å². The molecular weight excluding hydrogens is 735 g/mol. The van der Waals surface area contributed by atoms with Crippen LogP contribution in [0.2, 0.25) is 0 Å². The van der Waals surface area contributed by atoms with Crippen LogP contribution in [0.5, 0.6) is 0 Å². The number of amides is 2. The Morgan fingerprint density at radius 2 is 1.75 bits per heavy atom. The molecule has 1 saturated heterocycles. The van der Waals surface area contributed by atoms with Gasteiger partial charge in [0.25, 0.3) is 15.9 Å². The molecule has 1 atom stereocenters. The first-order valence-electron chi connectivity index (χ1n) is 19.1. The molecule has 1 aromatic heterocycles. The molecule has 2 amide bonds. The van der Waals surface area contributed by atoms with E-state index in [2.05, 4.69) is 12.1 Å². The first-order chi connectivity index (χ1) is 27.0. The fraction of sp³-hybridized carbons (Fsp3) is 0.429. The van der Waals surface area contributed by atoms with Crippen LogP contribution in [-0.2, 0) is 48.8 Å². The van der Waals surface area contributed by atoms with E-state index >= 15 is 0 Å². The number of aromatic nitrogens is 1. The maximum absolute atomic E-state index is 14.5. The average Bonchev–Trinajstić information content (AvgIpc) is 3.67. The molecule has 56 heavy (non-hydrogen) atoms. The maximum atomic E-state index is 14.5. The maximum Gasteiger partial charge on any atom is 0.410 e. The molecular formula is C42H51N5O8S. The minimum absolute atomic E-state index is 0.0670. The van der Waals surface area contributed by atoms with E-state index < -0.39 is 21.7 Å². The minimum Gasteiger partial charge on any atom is -0.445 e. The number of carbonyl (C=O) groups is 2. The Morgan fingerprint density at radius 1 is 0.982 bits per heavy atom. The lowest BCUT2D eigenvalue weighted by Crippen LogP contribution is -2.54. The zero-order valence-electron chi connectivity index (χ0n) is 32.8. The molecule has 2 aliphatic heterocycles. The minimum atomic E-state index is -4.20. The van der Waals surface area contributed by atoms with Crippen molar-refractivity contribution in [1.29, 1.82) is 0 Å². The predicted molar refractivity (Wildman–Crippen MR) is 212 cm³/mol. The van der Waals surface area contributed by atoms with Gasteiger partial charge in [0.05, 0.1) is 24.6 Å². The molecule has 13 nitrogen and oxygen atoms in total. The second-order valence-corrected chi connectivity index (χ2v) is 16.0. The van der Waals surface area contributed by atoms with Crippen molar-refractivity contribution in [3.8, 4) is 11.1 Å². The van der Waals surface area contributed by atoms with Gasteiger partial charge in [-0.3, -0.25) is 14.7 Å². The summed E-state index contributed by atoms with van der Waals surface area (Å²) in [4.78, 5) is 36.2. The van der Waals surface area contributed by atoms with Crippen molar-refractivity contribution in [3.05, 3.63) is 101 Å². The number of ether oxygens (including phenoxy) is 3. The van der Waals surface area contributed by atoms with Crippen molar-refractivity contribution < 1.29 is 36.7 Å². The van der Waals surface area contributed by atoms with Crippen molar-refractivity contribution in [2.24, 2.45) is 4.99 Å². The van der Waals surface area contributed by atoms with E-state index in [1.807, 2.05) is 55.5 Å². The zero-order chi connectivity index (χ0) is 39.9. The summed E-state index contributed by atoms with van der Waals surface area (Å²) in [5.41, 5.74) is 3.15. The number of hydrogen-bond acceptors (Lipinski definition) is 10. The highest BCUT2D eigenvalue weighted by Gasteiger charge is 2.51. The summed E-state index contributed by atoms with van der Waals surface area (Å²) < 4.78 is 52.2. The molecule has 1 unspecified atom stereocenters. The highest BCUT2D eigenvalue weighted by molar-refractivity contribution is 7.93. The van der Waals surface area contributed by atoms with Crippen LogP contribution in [0.4, 0.5) is 10.6 Å². The number of anilines is 1. The first-order valence-corrected chi connectivity index (χ1v) is 20.6. The number of sulfonamides is 1. The van der Waals surface area contributed by atoms with Crippen LogP contribution in [0.1, 0.15) is 74.0 Å². The van der Waals surface area contributed by atoms with E-state index in [0.717, 1.165) is 33.8 Å². The lowest BCUT2D eigenvalue weighted by Gasteiger charge is -2.36. The lowest BCUT2D eigenvalue weighted by atomic mass is 9.89. The summed E-state index contributed by atoms with van der Waals surface area (Å²) >= 11 is 0. The smallest absolute Gasteiger partial charge is 0.410 e. The van der Waals surface area contributed by atoms with Crippen LogP contribution in [0, 0.1) is 13.8 Å². The quantitative estimate of drug-likeness (QED) is 0.106. The van der Waals surface area contributed by atoms with Crippen molar-refractivity contribution in [1.82, 2.24) is 15.0 Å². The normalized spacial score (nSPS) is 17.1. The Bertz CT molecular complexity index is 2150. The van der Waals surface area contributed by atoms with Gasteiger partial charge in [0.2, 0.25) is 0 Å². The van der Waals surface area contributed by atoms with E-state index in [1.165, 1.54) is 7.11 Å². The largest absolute Gasteiger partial charge is 0.445 e. The van der Waals surface area contributed by atoms with Crippen molar-refractivity contribution >= 4 is 33.7 Å². The fourth-order valence-electron chi connectivity index (χ4n) is 7.24. The van der Waals surface area contributed by atoms with Gasteiger partial charge in [-0.15, -0.1) is 0 Å². The van der Waals surface area contributed by atoms with Crippen LogP contribution in [-0.4, -0.2) is 80.3 Å². The van der Waals surface area contributed by atoms with Gasteiger partial charge in [0.15, 0.2) is 11.4 Å². The standard InChI is InChI=1S/C42H51N5O8S/c1-6-8-19-38-43-42(22-14-23-45(28-42)41(49)54-26-32-15-10-9-11-16-32)40(48)46(38)25-33-20-21-35(34(24-33)27-53-7-2)36-17-12-13-18-37(36)56(50,51)47(29-52-5)39-30(3)31(4)55-44-39/h9-13,15-18,20-21,24H,6-8,14,19,22-23,25-29H2,1-5H3. The molecule has 14 heteroatoms. The molecule has 1 fully saturated rings. The Morgan fingerprint density at radius 3 is 2.46 bits per heavy atom. The first kappa shape index (κ1) is 40.6. The number of amidine groups is 1. The summed E-state index contributed by atoms with van der Waals surface area (Å²) in [5, 5.41) is 4.05. The number of likely N-dealkylation sites (tertiary alicyclic amines) is 1. The molecule has 3 heterocycles. The van der Waals surface area contributed by atoms with Crippen LogP contribution in [0.3, 0.4) is 0 Å². The van der Waals surface area contributed by atoms with E-state index in [9.17, 15) is 18.0 Å². The predicted octanol–water partition coefficient (Wildman–Crippen LogP) is 7.40. The Balaban J connectivity index is 1.29. The number of nitrogens with zero attached hydrogens (tertiary/aromatic N) is 5. The van der Waals surface area contributed by atoms with Crippen LogP contribution in [0.15, 0.2) is 87.2 Å². The Hall–Kier alpha value is -5.05. The summed E-state index contributed by atoms with van der Waals surface area (Å²) in [6.07, 6.45) is 3.11. The van der Waals surface area contributed by atoms with Gasteiger partial charge in [-0.1, -0.05) is 85.2 Å². The molecule has 0 aliphatic carbocycles. The molecule has 3 aromatic carbocycles. The zero-order valence-corrected chi connectivity index (χ0v) is 33.6. The van der Waals surface area contributed by atoms with E-state index in [1.54, 1.807) is 47.9 Å². The number of aryl methyl sites for hydroxylation is 1. The van der Waals surface area contributed by atoms with Gasteiger partial charge in [-0.2, -0.15) is 0 Å². The molecule has 0 bridgehead atoms. The lowest BCUT2D eigenvalue weighted by molar-refractivity contribution is -0.133. The van der Waals surface area contributed by atoms with Crippen LogP contribution < -0.4 is 4.31 Å². The van der Waals surface area contributed by atoms with Gasteiger partial charge in [-0.05, 0) is 68.4 Å². The van der Waals surface area contributed by atoms with Gasteiger partial charge < -0.3 is 23.6 Å². The molecule has 0 saturated carbocycles. The fourth-order valence-corrected chi connectivity index (χ4v) is 8.82. The molecule has 2 aliphatic rings. The highest BCUT2D eigenvalue weighted by Crippen LogP contribution is 2.38. The summed E-state index contributed by atoms with van der Waals surface area (Å²) in [6.45, 7) is 8.91. The third kappa shape index (κ3) is 8.52. The van der Waals surface area contributed by atoms with Gasteiger partial charge in [0, 0.05) is 37.8 Å². The third-order valence-electron chi connectivity index (χ3n) is 10.3. The Kier molecular flexibility index (Phi) is 12.9. The number of carbonyl (C=O) groups excluding carboxylic acids is 2. The van der Waals surface area contributed by atoms with E-state index in [-0.39, 0.29) is 49.7 Å². The Labute approximate surface area is 329 Å². The molecule has 0 N–H and O–H groups in total. The second kappa shape index (κ2) is 17.8. The topological polar surface area (TPSA) is 144 Å². The number of methoxy groups -OCH3 is 1.